The number of ether oxygens (including phenoxy) is 1. The van der Waals surface area contributed by atoms with Crippen molar-refractivity contribution in [3.8, 4) is 5.75 Å². The molecule has 1 N–H and O–H groups in total. The van der Waals surface area contributed by atoms with Crippen molar-refractivity contribution in [2.75, 3.05) is 7.11 Å². The molecule has 0 radical (unpaired) electrons. The minimum Gasteiger partial charge on any atom is -0.496 e. The molecule has 0 aliphatic carbocycles. The Hall–Kier alpha value is -2.66. The Labute approximate surface area is 148 Å². The number of hydrazone groups is 1. The van der Waals surface area contributed by atoms with E-state index >= 15 is 0 Å². The summed E-state index contributed by atoms with van der Waals surface area (Å²) < 4.78 is 5.87. The maximum absolute atomic E-state index is 12.2. The van der Waals surface area contributed by atoms with E-state index in [0.29, 0.717) is 11.3 Å². The van der Waals surface area contributed by atoms with Crippen molar-refractivity contribution in [1.29, 1.82) is 0 Å². The summed E-state index contributed by atoms with van der Waals surface area (Å²) in [5.41, 5.74) is 3.99. The molecule has 0 saturated heterocycles. The monoisotopic (exact) mass is 382 g/mol. The summed E-state index contributed by atoms with van der Waals surface area (Å²) in [5, 5.41) is 6.29. The summed E-state index contributed by atoms with van der Waals surface area (Å²) in [6.07, 6.45) is 1.65. The Bertz CT molecular complexity index is 917. The molecule has 0 bridgehead atoms. The number of fused-ring (bicyclic) bond motifs is 1. The van der Waals surface area contributed by atoms with Crippen LogP contribution >= 0.6 is 15.9 Å². The highest BCUT2D eigenvalue weighted by atomic mass is 79.9. The van der Waals surface area contributed by atoms with Crippen LogP contribution < -0.4 is 10.2 Å². The van der Waals surface area contributed by atoms with Crippen molar-refractivity contribution in [1.82, 2.24) is 5.43 Å². The van der Waals surface area contributed by atoms with Crippen LogP contribution in [0, 0.1) is 0 Å². The van der Waals surface area contributed by atoms with Crippen LogP contribution in [0.5, 0.6) is 5.75 Å². The van der Waals surface area contributed by atoms with E-state index < -0.39 is 0 Å². The number of hydrogen-bond donors (Lipinski definition) is 1. The number of rotatable bonds is 4. The van der Waals surface area contributed by atoms with Crippen LogP contribution in [0.15, 0.2) is 70.2 Å². The second-order valence-corrected chi connectivity index (χ2v) is 5.97. The molecule has 0 aromatic heterocycles. The molecule has 0 spiro atoms. The number of nitrogens with zero attached hydrogens (tertiary/aromatic N) is 1. The van der Waals surface area contributed by atoms with Crippen LogP contribution in [-0.2, 0) is 0 Å². The number of halogens is 1. The first kappa shape index (κ1) is 16.2. The van der Waals surface area contributed by atoms with Gasteiger partial charge < -0.3 is 4.74 Å². The van der Waals surface area contributed by atoms with Crippen molar-refractivity contribution in [3.63, 3.8) is 0 Å². The average molecular weight is 383 g/mol. The molecule has 0 heterocycles. The molecule has 120 valence electrons. The molecule has 3 aromatic rings. The van der Waals surface area contributed by atoms with Gasteiger partial charge in [0.25, 0.3) is 5.91 Å². The lowest BCUT2D eigenvalue weighted by Gasteiger charge is -2.05. The lowest BCUT2D eigenvalue weighted by Crippen LogP contribution is -2.17. The number of hydrogen-bond acceptors (Lipinski definition) is 3. The standard InChI is InChI=1S/C19H15BrN2O2/c1-24-18-10-9-14(11-17(18)20)19(23)22-21-12-15-7-4-6-13-5-2-3-8-16(13)15/h2-12H,1H3,(H,22,23)/b21-12+. The smallest absolute Gasteiger partial charge is 0.271 e. The van der Waals surface area contributed by atoms with Crippen LogP contribution in [0.1, 0.15) is 15.9 Å². The third kappa shape index (κ3) is 3.46. The average Bonchev–Trinajstić information content (AvgIpc) is 2.61. The number of carbonyl (C=O) groups excluding carboxylic acids is 1. The highest BCUT2D eigenvalue weighted by Gasteiger charge is 2.08. The maximum Gasteiger partial charge on any atom is 0.271 e. The zero-order valence-corrected chi connectivity index (χ0v) is 14.6. The number of nitrogens with one attached hydrogen (secondary N) is 1. The van der Waals surface area contributed by atoms with Crippen LogP contribution in [-0.4, -0.2) is 19.2 Å². The third-order valence-corrected chi connectivity index (χ3v) is 4.23. The number of carbonyl (C=O) groups is 1. The van der Waals surface area contributed by atoms with E-state index in [1.807, 2.05) is 42.5 Å². The van der Waals surface area contributed by atoms with E-state index in [9.17, 15) is 4.79 Å². The summed E-state index contributed by atoms with van der Waals surface area (Å²) in [6, 6.07) is 19.1. The molecule has 0 atom stereocenters. The quantitative estimate of drug-likeness (QED) is 0.537. The topological polar surface area (TPSA) is 50.7 Å². The van der Waals surface area contributed by atoms with Crippen molar-refractivity contribution < 1.29 is 9.53 Å². The van der Waals surface area contributed by atoms with E-state index in [1.54, 1.807) is 31.5 Å². The molecule has 3 rings (SSSR count). The van der Waals surface area contributed by atoms with Gasteiger partial charge in [0.05, 0.1) is 17.8 Å². The zero-order valence-electron chi connectivity index (χ0n) is 13.0. The maximum atomic E-state index is 12.2. The lowest BCUT2D eigenvalue weighted by molar-refractivity contribution is 0.0955. The van der Waals surface area contributed by atoms with Gasteiger partial charge in [0.1, 0.15) is 5.75 Å². The van der Waals surface area contributed by atoms with E-state index in [-0.39, 0.29) is 5.91 Å². The molecule has 24 heavy (non-hydrogen) atoms. The Morgan fingerprint density at radius 1 is 1.12 bits per heavy atom. The predicted octanol–water partition coefficient (Wildman–Crippen LogP) is 4.37. The summed E-state index contributed by atoms with van der Waals surface area (Å²) in [7, 11) is 1.58. The van der Waals surface area contributed by atoms with Gasteiger partial charge in [0.15, 0.2) is 0 Å². The second kappa shape index (κ2) is 7.27. The first-order chi connectivity index (χ1) is 11.7. The van der Waals surface area contributed by atoms with Gasteiger partial charge in [-0.1, -0.05) is 42.5 Å². The molecule has 1 amide bonds. The number of methoxy groups -OCH3 is 1. The van der Waals surface area contributed by atoms with Crippen LogP contribution in [0.3, 0.4) is 0 Å². The van der Waals surface area contributed by atoms with Crippen molar-refractivity contribution in [3.05, 3.63) is 76.3 Å². The summed E-state index contributed by atoms with van der Waals surface area (Å²) in [4.78, 5) is 12.2. The number of benzene rings is 3. The van der Waals surface area contributed by atoms with E-state index in [0.717, 1.165) is 20.8 Å². The molecule has 0 unspecified atom stereocenters. The highest BCUT2D eigenvalue weighted by Crippen LogP contribution is 2.25. The fourth-order valence-corrected chi connectivity index (χ4v) is 2.94. The third-order valence-electron chi connectivity index (χ3n) is 3.61. The van der Waals surface area contributed by atoms with Gasteiger partial charge in [-0.05, 0) is 44.9 Å². The molecule has 0 saturated carbocycles. The summed E-state index contributed by atoms with van der Waals surface area (Å²) in [6.45, 7) is 0. The largest absolute Gasteiger partial charge is 0.496 e. The van der Waals surface area contributed by atoms with Gasteiger partial charge in [-0.3, -0.25) is 4.79 Å². The molecule has 5 heteroatoms. The summed E-state index contributed by atoms with van der Waals surface area (Å²) >= 11 is 3.36. The Morgan fingerprint density at radius 3 is 2.71 bits per heavy atom. The molecule has 4 nitrogen and oxygen atoms in total. The molecule has 0 aliphatic rings. The van der Waals surface area contributed by atoms with E-state index in [2.05, 4.69) is 26.5 Å². The molecule has 0 fully saturated rings. The fourth-order valence-electron chi connectivity index (χ4n) is 2.40. The lowest BCUT2D eigenvalue weighted by atomic mass is 10.1. The van der Waals surface area contributed by atoms with Gasteiger partial charge in [0.2, 0.25) is 0 Å². The van der Waals surface area contributed by atoms with Crippen molar-refractivity contribution >= 4 is 38.8 Å². The van der Waals surface area contributed by atoms with Gasteiger partial charge in [0, 0.05) is 11.1 Å². The Morgan fingerprint density at radius 2 is 1.92 bits per heavy atom. The second-order valence-electron chi connectivity index (χ2n) is 5.12. The molecule has 3 aromatic carbocycles. The number of amides is 1. The van der Waals surface area contributed by atoms with Crippen LogP contribution in [0.4, 0.5) is 0 Å². The SMILES string of the molecule is COc1ccc(C(=O)N/N=C/c2cccc3ccccc23)cc1Br. The first-order valence-electron chi connectivity index (χ1n) is 7.34. The van der Waals surface area contributed by atoms with Crippen LogP contribution in [0.2, 0.25) is 0 Å². The highest BCUT2D eigenvalue weighted by molar-refractivity contribution is 9.10. The Balaban J connectivity index is 1.76. The summed E-state index contributed by atoms with van der Waals surface area (Å²) in [5.74, 6) is 0.389. The molecular formula is C19H15BrN2O2. The normalized spacial score (nSPS) is 10.9. The van der Waals surface area contributed by atoms with Crippen LogP contribution in [0.25, 0.3) is 10.8 Å². The van der Waals surface area contributed by atoms with Gasteiger partial charge in [-0.25, -0.2) is 5.43 Å². The fraction of sp³-hybridized carbons (Fsp3) is 0.0526. The van der Waals surface area contributed by atoms with Crippen molar-refractivity contribution in [2.24, 2.45) is 5.10 Å². The molecular weight excluding hydrogens is 368 g/mol. The minimum absolute atomic E-state index is 0.283. The van der Waals surface area contributed by atoms with Crippen molar-refractivity contribution in [2.45, 2.75) is 0 Å². The van der Waals surface area contributed by atoms with E-state index in [1.165, 1.54) is 0 Å². The Kier molecular flexibility index (Phi) is 4.91. The van der Waals surface area contributed by atoms with Gasteiger partial charge >= 0.3 is 0 Å². The van der Waals surface area contributed by atoms with Gasteiger partial charge in [-0.15, -0.1) is 0 Å². The zero-order chi connectivity index (χ0) is 16.9. The predicted molar refractivity (Wildman–Crippen MR) is 99.7 cm³/mol. The van der Waals surface area contributed by atoms with E-state index in [4.69, 9.17) is 4.74 Å². The molecule has 0 aliphatic heterocycles. The first-order valence-corrected chi connectivity index (χ1v) is 8.13. The van der Waals surface area contributed by atoms with Gasteiger partial charge in [-0.2, -0.15) is 5.10 Å². The minimum atomic E-state index is -0.283.